The first-order chi connectivity index (χ1) is 27.0. The van der Waals surface area contributed by atoms with Crippen molar-refractivity contribution in [3.63, 3.8) is 0 Å². The van der Waals surface area contributed by atoms with E-state index in [4.69, 9.17) is 24.2 Å². The van der Waals surface area contributed by atoms with Crippen molar-refractivity contribution in [3.05, 3.63) is 75.4 Å². The van der Waals surface area contributed by atoms with Crippen LogP contribution in [-0.2, 0) is 30.2 Å². The van der Waals surface area contributed by atoms with Crippen LogP contribution >= 0.6 is 0 Å². The molecule has 2 unspecified atom stereocenters. The maximum Gasteiger partial charge on any atom is 0.407 e. The lowest BCUT2D eigenvalue weighted by atomic mass is 9.85. The second-order valence-corrected chi connectivity index (χ2v) is 15.6. The van der Waals surface area contributed by atoms with E-state index in [1.54, 1.807) is 20.8 Å². The number of hydrogen-bond donors (Lipinski definition) is 4. The summed E-state index contributed by atoms with van der Waals surface area (Å²) in [6.45, 7) is 20.1. The number of amides is 2. The number of rotatable bonds is 12. The molecule has 0 aliphatic carbocycles. The highest BCUT2D eigenvalue weighted by Crippen LogP contribution is 2.43. The van der Waals surface area contributed by atoms with Gasteiger partial charge in [-0.05, 0) is 101 Å². The third-order valence-electron chi connectivity index (χ3n) is 10.7. The predicted molar refractivity (Wildman–Crippen MR) is 223 cm³/mol. The van der Waals surface area contributed by atoms with Gasteiger partial charge >= 0.3 is 18.0 Å². The third-order valence-corrected chi connectivity index (χ3v) is 10.7. The van der Waals surface area contributed by atoms with E-state index in [2.05, 4.69) is 48.0 Å². The number of aromatic nitrogens is 4. The number of aromatic amines is 2. The van der Waals surface area contributed by atoms with E-state index in [-0.39, 0.29) is 49.6 Å². The molecule has 0 saturated heterocycles. The van der Waals surface area contributed by atoms with Gasteiger partial charge in [0.25, 0.3) is 5.91 Å². The van der Waals surface area contributed by atoms with Gasteiger partial charge in [-0.1, -0.05) is 26.5 Å². The molecule has 4 N–H and O–H groups in total. The third kappa shape index (κ3) is 9.30. The van der Waals surface area contributed by atoms with Crippen LogP contribution in [0.1, 0.15) is 134 Å². The van der Waals surface area contributed by atoms with E-state index in [1.807, 2.05) is 38.1 Å². The molecular weight excluding hydrogens is 725 g/mol. The van der Waals surface area contributed by atoms with E-state index in [0.717, 1.165) is 56.8 Å². The number of ether oxygens (including phenoxy) is 3. The average molecular weight is 781 g/mol. The maximum absolute atomic E-state index is 14.3. The summed E-state index contributed by atoms with van der Waals surface area (Å²) in [5, 5.41) is 5.74. The zero-order chi connectivity index (χ0) is 41.8. The molecule has 3 aromatic rings. The molecule has 2 aliphatic rings. The molecule has 2 aliphatic heterocycles. The fraction of sp³-hybridized carbons (Fsp3) is 0.455. The number of carbonyl (C=O) groups is 4. The van der Waals surface area contributed by atoms with Crippen LogP contribution in [0.25, 0.3) is 39.3 Å². The fourth-order valence-corrected chi connectivity index (χ4v) is 7.59. The van der Waals surface area contributed by atoms with Gasteiger partial charge in [-0.3, -0.25) is 19.4 Å². The topological polar surface area (TPSA) is 177 Å². The van der Waals surface area contributed by atoms with Crippen LogP contribution in [0.15, 0.2) is 24.8 Å². The summed E-state index contributed by atoms with van der Waals surface area (Å²) in [6, 6.07) is 6.00. The normalized spacial score (nSPS) is 15.3. The summed E-state index contributed by atoms with van der Waals surface area (Å²) in [5.74, 6) is -1.74. The molecule has 304 valence electrons. The molecule has 8 bridgehead atoms. The minimum atomic E-state index is -0.631. The molecule has 0 spiro atoms. The zero-order valence-corrected chi connectivity index (χ0v) is 34.9. The summed E-state index contributed by atoms with van der Waals surface area (Å²) < 4.78 is 15.6. The summed E-state index contributed by atoms with van der Waals surface area (Å²) in [4.78, 5) is 69.8. The first kappa shape index (κ1) is 42.4. The highest BCUT2D eigenvalue weighted by molar-refractivity contribution is 6.06. The van der Waals surface area contributed by atoms with Crippen molar-refractivity contribution in [1.82, 2.24) is 30.6 Å². The number of hydrogen-bond acceptors (Lipinski definition) is 9. The Morgan fingerprint density at radius 1 is 0.895 bits per heavy atom. The standard InChI is InChI=1S/C44H56N6O7/c1-12-27-23(3)31-20-33-25(5)29(15-16-37(51)55-10)40(49-33)30(19-38(52)56-11)41-39(42(53)45-17-14-18-46-43(54)57-44(7,8)9)26(6)34(50-41)22-36-28(13-2)24(4)32(48-36)21-35(27)47-31/h12,20-22,25,29,47,50H,1,13-19H2,2-11H3,(H,45,53)(H,46,54). The monoisotopic (exact) mass is 780 g/mol. The lowest BCUT2D eigenvalue weighted by Crippen LogP contribution is -2.34. The Morgan fingerprint density at radius 2 is 1.56 bits per heavy atom. The number of aryl methyl sites for hydroxylation is 2. The molecule has 2 atom stereocenters. The van der Waals surface area contributed by atoms with Crippen LogP contribution in [0.2, 0.25) is 0 Å². The smallest absolute Gasteiger partial charge is 0.407 e. The van der Waals surface area contributed by atoms with Gasteiger partial charge in [0, 0.05) is 64.7 Å². The maximum atomic E-state index is 14.3. The quantitative estimate of drug-likeness (QED) is 0.0803. The van der Waals surface area contributed by atoms with Gasteiger partial charge < -0.3 is 34.8 Å². The largest absolute Gasteiger partial charge is 0.469 e. The van der Waals surface area contributed by atoms with Gasteiger partial charge in [-0.15, -0.1) is 0 Å². The van der Waals surface area contributed by atoms with Gasteiger partial charge in [0.2, 0.25) is 0 Å². The summed E-state index contributed by atoms with van der Waals surface area (Å²) in [7, 11) is 2.68. The number of nitrogens with one attached hydrogen (secondary N) is 4. The van der Waals surface area contributed by atoms with Crippen molar-refractivity contribution in [1.29, 1.82) is 0 Å². The second-order valence-electron chi connectivity index (χ2n) is 15.6. The van der Waals surface area contributed by atoms with E-state index >= 15 is 0 Å². The number of H-pyrrole nitrogens is 2. The van der Waals surface area contributed by atoms with Gasteiger partial charge in [0.05, 0.1) is 48.8 Å². The predicted octanol–water partition coefficient (Wildman–Crippen LogP) is 8.12. The highest BCUT2D eigenvalue weighted by atomic mass is 16.6. The van der Waals surface area contributed by atoms with Gasteiger partial charge in [0.1, 0.15) is 5.60 Å². The first-order valence-electron chi connectivity index (χ1n) is 19.5. The lowest BCUT2D eigenvalue weighted by molar-refractivity contribution is -0.141. The van der Waals surface area contributed by atoms with Crippen molar-refractivity contribution in [2.75, 3.05) is 27.3 Å². The van der Waals surface area contributed by atoms with E-state index in [0.29, 0.717) is 46.3 Å². The lowest BCUT2D eigenvalue weighted by Gasteiger charge is -2.19. The van der Waals surface area contributed by atoms with Crippen molar-refractivity contribution < 1.29 is 33.4 Å². The van der Waals surface area contributed by atoms with Crippen LogP contribution < -0.4 is 10.6 Å². The number of allylic oxidation sites excluding steroid dienone is 2. The molecule has 5 rings (SSSR count). The molecule has 5 heterocycles. The van der Waals surface area contributed by atoms with E-state index < -0.39 is 17.7 Å². The number of alkyl carbamates (subject to hydrolysis) is 1. The Kier molecular flexibility index (Phi) is 13.1. The molecule has 57 heavy (non-hydrogen) atoms. The van der Waals surface area contributed by atoms with Crippen molar-refractivity contribution in [2.45, 2.75) is 105 Å². The zero-order valence-electron chi connectivity index (χ0n) is 34.9. The number of esters is 2. The Morgan fingerprint density at radius 3 is 2.21 bits per heavy atom. The number of carbonyl (C=O) groups excluding carboxylic acids is 4. The Hall–Kier alpha value is -5.72. The molecule has 13 heteroatoms. The van der Waals surface area contributed by atoms with E-state index in [1.165, 1.54) is 14.2 Å². The van der Waals surface area contributed by atoms with Crippen molar-refractivity contribution in [2.24, 2.45) is 0 Å². The molecule has 3 aromatic heterocycles. The minimum Gasteiger partial charge on any atom is -0.469 e. The number of fused-ring (bicyclic) bond motifs is 8. The SMILES string of the molecule is C=Cc1c(C)c2cc3nc(c(CC(=O)OC)c4[nH]c(cc5nc(cc1[nH]2)C(C)=C5CC)c(C)c4C(=O)NCCCNC(=O)OC(C)(C)C)C(CCC(=O)OC)C3C. The minimum absolute atomic E-state index is 0.127. The Bertz CT molecular complexity index is 2290. The molecule has 0 radical (unpaired) electrons. The fourth-order valence-electron chi connectivity index (χ4n) is 7.59. The molecule has 0 fully saturated rings. The summed E-state index contributed by atoms with van der Waals surface area (Å²) in [5.41, 5.74) is 10.6. The van der Waals surface area contributed by atoms with Crippen LogP contribution in [0.5, 0.6) is 0 Å². The molecule has 0 saturated carbocycles. The Balaban J connectivity index is 1.81. The van der Waals surface area contributed by atoms with Crippen LogP contribution in [0, 0.1) is 13.8 Å². The summed E-state index contributed by atoms with van der Waals surface area (Å²) in [6.07, 6.45) is 2.79. The molecular formula is C44H56N6O7. The van der Waals surface area contributed by atoms with E-state index in [9.17, 15) is 19.2 Å². The van der Waals surface area contributed by atoms with Gasteiger partial charge in [-0.25, -0.2) is 9.78 Å². The van der Waals surface area contributed by atoms with Crippen LogP contribution in [0.3, 0.4) is 0 Å². The average Bonchev–Trinajstić information content (AvgIpc) is 3.84. The number of methoxy groups -OCH3 is 2. The van der Waals surface area contributed by atoms with Crippen LogP contribution in [0.4, 0.5) is 4.79 Å². The summed E-state index contributed by atoms with van der Waals surface area (Å²) >= 11 is 0. The molecule has 2 amide bonds. The van der Waals surface area contributed by atoms with Gasteiger partial charge in [0.15, 0.2) is 0 Å². The van der Waals surface area contributed by atoms with Crippen LogP contribution in [-0.4, -0.2) is 76.8 Å². The second kappa shape index (κ2) is 17.6. The Labute approximate surface area is 334 Å². The molecule has 0 aromatic carbocycles. The van der Waals surface area contributed by atoms with Gasteiger partial charge in [-0.2, -0.15) is 0 Å². The van der Waals surface area contributed by atoms with Crippen molar-refractivity contribution >= 4 is 63.2 Å². The highest BCUT2D eigenvalue weighted by Gasteiger charge is 2.34. The molecule has 13 nitrogen and oxygen atoms in total. The first-order valence-corrected chi connectivity index (χ1v) is 19.5. The number of nitrogens with zero attached hydrogens (tertiary/aromatic N) is 2. The van der Waals surface area contributed by atoms with Crippen molar-refractivity contribution in [3.8, 4) is 0 Å².